The lowest BCUT2D eigenvalue weighted by Gasteiger charge is -2.32. The molecular formula is C17H20FN3O4. The van der Waals surface area contributed by atoms with Crippen molar-refractivity contribution >= 4 is 17.8 Å². The number of morpholine rings is 1. The minimum absolute atomic E-state index is 0.0725. The molecule has 8 heteroatoms. The molecule has 2 aliphatic rings. The first-order valence-electron chi connectivity index (χ1n) is 8.11. The molecule has 2 atom stereocenters. The molecule has 0 spiro atoms. The van der Waals surface area contributed by atoms with Gasteiger partial charge < -0.3 is 15.0 Å². The van der Waals surface area contributed by atoms with Gasteiger partial charge in [-0.05, 0) is 19.9 Å². The van der Waals surface area contributed by atoms with Crippen LogP contribution in [0.5, 0.6) is 0 Å². The first kappa shape index (κ1) is 17.3. The van der Waals surface area contributed by atoms with E-state index in [0.29, 0.717) is 19.7 Å². The number of carbonyl (C=O) groups excluding carboxylic acids is 3. The first-order chi connectivity index (χ1) is 11.8. The molecule has 2 aliphatic heterocycles. The van der Waals surface area contributed by atoms with Crippen LogP contribution >= 0.6 is 0 Å². The number of urea groups is 1. The van der Waals surface area contributed by atoms with Gasteiger partial charge in [0.05, 0.1) is 12.7 Å². The van der Waals surface area contributed by atoms with Gasteiger partial charge in [-0.1, -0.05) is 18.2 Å². The third-order valence-electron chi connectivity index (χ3n) is 4.57. The molecule has 0 bridgehead atoms. The van der Waals surface area contributed by atoms with E-state index in [2.05, 4.69) is 5.32 Å². The van der Waals surface area contributed by atoms with Gasteiger partial charge >= 0.3 is 6.03 Å². The molecule has 0 aromatic heterocycles. The zero-order valence-corrected chi connectivity index (χ0v) is 14.1. The van der Waals surface area contributed by atoms with E-state index in [4.69, 9.17) is 4.74 Å². The normalized spacial score (nSPS) is 26.8. The Kier molecular flexibility index (Phi) is 4.47. The summed E-state index contributed by atoms with van der Waals surface area (Å²) < 4.78 is 19.5. The maximum Gasteiger partial charge on any atom is 0.325 e. The van der Waals surface area contributed by atoms with E-state index in [-0.39, 0.29) is 24.1 Å². The average Bonchev–Trinajstić information content (AvgIpc) is 2.79. The third kappa shape index (κ3) is 3.09. The minimum atomic E-state index is -1.53. The number of carbonyl (C=O) groups is 3. The van der Waals surface area contributed by atoms with Gasteiger partial charge in [0, 0.05) is 18.7 Å². The topological polar surface area (TPSA) is 79.0 Å². The predicted molar refractivity (Wildman–Crippen MR) is 86.0 cm³/mol. The summed E-state index contributed by atoms with van der Waals surface area (Å²) in [5.74, 6) is -1.57. The zero-order chi connectivity index (χ0) is 18.2. The second kappa shape index (κ2) is 6.44. The van der Waals surface area contributed by atoms with Gasteiger partial charge in [0.15, 0.2) is 0 Å². The van der Waals surface area contributed by atoms with Crippen molar-refractivity contribution in [3.05, 3.63) is 35.6 Å². The van der Waals surface area contributed by atoms with Crippen molar-refractivity contribution in [3.8, 4) is 0 Å². The maximum atomic E-state index is 14.1. The van der Waals surface area contributed by atoms with Crippen LogP contribution in [0.1, 0.15) is 19.4 Å². The maximum absolute atomic E-state index is 14.1. The fourth-order valence-corrected chi connectivity index (χ4v) is 3.17. The summed E-state index contributed by atoms with van der Waals surface area (Å²) in [6, 6.07) is 5.06. The molecule has 0 aliphatic carbocycles. The number of imide groups is 1. The van der Waals surface area contributed by atoms with Crippen LogP contribution in [0.15, 0.2) is 24.3 Å². The van der Waals surface area contributed by atoms with Gasteiger partial charge in [-0.15, -0.1) is 0 Å². The molecule has 1 aromatic rings. The monoisotopic (exact) mass is 349 g/mol. The number of rotatable bonds is 3. The molecule has 2 fully saturated rings. The highest BCUT2D eigenvalue weighted by Crippen LogP contribution is 2.30. The number of amides is 4. The van der Waals surface area contributed by atoms with Crippen LogP contribution in [0.2, 0.25) is 0 Å². The summed E-state index contributed by atoms with van der Waals surface area (Å²) >= 11 is 0. The third-order valence-corrected chi connectivity index (χ3v) is 4.57. The fourth-order valence-electron chi connectivity index (χ4n) is 3.17. The van der Waals surface area contributed by atoms with E-state index in [1.807, 2.05) is 6.92 Å². The van der Waals surface area contributed by atoms with Gasteiger partial charge in [-0.3, -0.25) is 14.5 Å². The lowest BCUT2D eigenvalue weighted by molar-refractivity contribution is -0.143. The summed E-state index contributed by atoms with van der Waals surface area (Å²) in [7, 11) is 0. The molecule has 0 saturated carbocycles. The number of hydrogen-bond acceptors (Lipinski definition) is 4. The largest absolute Gasteiger partial charge is 0.375 e. The Balaban J connectivity index is 1.78. The molecule has 1 aromatic carbocycles. The molecule has 7 nitrogen and oxygen atoms in total. The number of nitrogens with one attached hydrogen (secondary N) is 1. The van der Waals surface area contributed by atoms with E-state index < -0.39 is 23.3 Å². The smallest absolute Gasteiger partial charge is 0.325 e. The fraction of sp³-hybridized carbons (Fsp3) is 0.471. The van der Waals surface area contributed by atoms with Crippen LogP contribution in [0.25, 0.3) is 0 Å². The van der Waals surface area contributed by atoms with Crippen LogP contribution in [0.3, 0.4) is 0 Å². The summed E-state index contributed by atoms with van der Waals surface area (Å²) in [4.78, 5) is 39.8. The molecule has 0 unspecified atom stereocenters. The number of halogens is 1. The Labute approximate surface area is 144 Å². The number of hydrogen-bond donors (Lipinski definition) is 1. The molecule has 134 valence electrons. The van der Waals surface area contributed by atoms with Gasteiger partial charge in [0.25, 0.3) is 5.91 Å². The Morgan fingerprint density at radius 3 is 2.80 bits per heavy atom. The van der Waals surface area contributed by atoms with Crippen molar-refractivity contribution in [2.45, 2.75) is 25.5 Å². The van der Waals surface area contributed by atoms with Crippen molar-refractivity contribution in [1.82, 2.24) is 15.1 Å². The molecule has 25 heavy (non-hydrogen) atoms. The highest BCUT2D eigenvalue weighted by Gasteiger charge is 2.50. The highest BCUT2D eigenvalue weighted by atomic mass is 19.1. The Hall–Kier alpha value is -2.48. The second-order valence-corrected chi connectivity index (χ2v) is 6.45. The number of ether oxygens (including phenoxy) is 1. The van der Waals surface area contributed by atoms with Crippen molar-refractivity contribution in [3.63, 3.8) is 0 Å². The number of benzene rings is 1. The van der Waals surface area contributed by atoms with Gasteiger partial charge in [0.1, 0.15) is 17.9 Å². The molecular weight excluding hydrogens is 329 g/mol. The minimum Gasteiger partial charge on any atom is -0.375 e. The van der Waals surface area contributed by atoms with E-state index in [1.165, 1.54) is 25.1 Å². The first-order valence-corrected chi connectivity index (χ1v) is 8.11. The molecule has 3 rings (SSSR count). The van der Waals surface area contributed by atoms with E-state index >= 15 is 0 Å². The standard InChI is InChI=1S/C17H20FN3O4/c1-11-9-20(7-8-25-11)14(22)10-21-15(23)17(2,19-16(21)24)12-5-3-4-6-13(12)18/h3-6,11H,7-10H2,1-2H3,(H,19,24)/t11-,17-/m1/s1. The van der Waals surface area contributed by atoms with Gasteiger partial charge in [-0.25, -0.2) is 9.18 Å². The van der Waals surface area contributed by atoms with Crippen LogP contribution in [0, 0.1) is 5.82 Å². The SMILES string of the molecule is C[C@@H]1CN(C(=O)CN2C(=O)N[C@](C)(c3ccccc3F)C2=O)CCO1. The average molecular weight is 349 g/mol. The Morgan fingerprint density at radius 2 is 2.12 bits per heavy atom. The van der Waals surface area contributed by atoms with E-state index in [1.54, 1.807) is 11.0 Å². The molecule has 4 amide bonds. The summed E-state index contributed by atoms with van der Waals surface area (Å²) in [6.45, 7) is 4.15. The van der Waals surface area contributed by atoms with Crippen molar-refractivity contribution in [2.75, 3.05) is 26.2 Å². The second-order valence-electron chi connectivity index (χ2n) is 6.45. The number of nitrogens with zero attached hydrogens (tertiary/aromatic N) is 2. The van der Waals surface area contributed by atoms with E-state index in [9.17, 15) is 18.8 Å². The molecule has 0 radical (unpaired) electrons. The van der Waals surface area contributed by atoms with E-state index in [0.717, 1.165) is 4.90 Å². The predicted octanol–water partition coefficient (Wildman–Crippen LogP) is 0.840. The lowest BCUT2D eigenvalue weighted by Crippen LogP contribution is -2.49. The van der Waals surface area contributed by atoms with Crippen LogP contribution in [-0.4, -0.2) is 60.0 Å². The van der Waals surface area contributed by atoms with Gasteiger partial charge in [0.2, 0.25) is 5.91 Å². The summed E-state index contributed by atoms with van der Waals surface area (Å²) in [5, 5.41) is 2.51. The van der Waals surface area contributed by atoms with Crippen molar-refractivity contribution < 1.29 is 23.5 Å². The molecule has 1 N–H and O–H groups in total. The zero-order valence-electron chi connectivity index (χ0n) is 14.1. The highest BCUT2D eigenvalue weighted by molar-refractivity contribution is 6.09. The quantitative estimate of drug-likeness (QED) is 0.820. The molecule has 2 heterocycles. The van der Waals surface area contributed by atoms with Gasteiger partial charge in [-0.2, -0.15) is 0 Å². The van der Waals surface area contributed by atoms with Crippen molar-refractivity contribution in [1.29, 1.82) is 0 Å². The molecule has 2 saturated heterocycles. The Morgan fingerprint density at radius 1 is 1.40 bits per heavy atom. The summed E-state index contributed by atoms with van der Waals surface area (Å²) in [6.07, 6.45) is -0.0931. The Bertz CT molecular complexity index is 726. The lowest BCUT2D eigenvalue weighted by atomic mass is 9.91. The van der Waals surface area contributed by atoms with Crippen molar-refractivity contribution in [2.24, 2.45) is 0 Å². The van der Waals surface area contributed by atoms with Crippen LogP contribution < -0.4 is 5.32 Å². The van der Waals surface area contributed by atoms with Crippen LogP contribution in [-0.2, 0) is 19.9 Å². The van der Waals surface area contributed by atoms with Crippen LogP contribution in [0.4, 0.5) is 9.18 Å². The summed E-state index contributed by atoms with van der Waals surface area (Å²) in [5.41, 5.74) is -1.45.